The summed E-state index contributed by atoms with van der Waals surface area (Å²) in [6, 6.07) is 6.41. The molecule has 0 aliphatic heterocycles. The predicted molar refractivity (Wildman–Crippen MR) is 89.4 cm³/mol. The van der Waals surface area contributed by atoms with Gasteiger partial charge in [-0.25, -0.2) is 13.1 Å². The van der Waals surface area contributed by atoms with E-state index in [1.807, 2.05) is 13.0 Å². The largest absolute Gasteiger partial charge is 0.383 e. The fourth-order valence-electron chi connectivity index (χ4n) is 1.87. The maximum Gasteiger partial charge on any atom is 0.246 e. The highest BCUT2D eigenvalue weighted by molar-refractivity contribution is 7.89. The Morgan fingerprint density at radius 2 is 1.91 bits per heavy atom. The normalized spacial score (nSPS) is 12.2. The SMILES string of the molecule is CC/C=C(/C)C(=O)NCc1ccc(S(=O)(=O)NCCOC)cc1. The molecule has 0 unspecified atom stereocenters. The first-order valence-electron chi connectivity index (χ1n) is 7.43. The molecule has 128 valence electrons. The summed E-state index contributed by atoms with van der Waals surface area (Å²) >= 11 is 0. The third kappa shape index (κ3) is 6.52. The van der Waals surface area contributed by atoms with Crippen molar-refractivity contribution in [2.45, 2.75) is 31.7 Å². The number of hydrogen-bond donors (Lipinski definition) is 2. The number of nitrogens with one attached hydrogen (secondary N) is 2. The van der Waals surface area contributed by atoms with Gasteiger partial charge in [0, 0.05) is 25.8 Å². The summed E-state index contributed by atoms with van der Waals surface area (Å²) in [5.74, 6) is -0.121. The zero-order valence-electron chi connectivity index (χ0n) is 13.8. The second-order valence-electron chi connectivity index (χ2n) is 5.01. The van der Waals surface area contributed by atoms with E-state index in [1.54, 1.807) is 19.1 Å². The van der Waals surface area contributed by atoms with Crippen molar-refractivity contribution < 1.29 is 17.9 Å². The standard InChI is InChI=1S/C16H24N2O4S/c1-4-5-13(2)16(19)17-12-14-6-8-15(9-7-14)23(20,21)18-10-11-22-3/h5-9,18H,4,10-12H2,1-3H3,(H,17,19)/b13-5-. The number of hydrogen-bond acceptors (Lipinski definition) is 4. The van der Waals surface area contributed by atoms with Crippen LogP contribution >= 0.6 is 0 Å². The van der Waals surface area contributed by atoms with Gasteiger partial charge in [0.05, 0.1) is 11.5 Å². The van der Waals surface area contributed by atoms with E-state index in [4.69, 9.17) is 4.74 Å². The van der Waals surface area contributed by atoms with E-state index < -0.39 is 10.0 Å². The number of methoxy groups -OCH3 is 1. The van der Waals surface area contributed by atoms with E-state index in [1.165, 1.54) is 19.2 Å². The van der Waals surface area contributed by atoms with Crippen LogP contribution in [-0.2, 0) is 26.1 Å². The fraction of sp³-hybridized carbons (Fsp3) is 0.438. The van der Waals surface area contributed by atoms with Gasteiger partial charge >= 0.3 is 0 Å². The third-order valence-corrected chi connectivity index (χ3v) is 4.63. The second-order valence-corrected chi connectivity index (χ2v) is 6.78. The number of rotatable bonds is 9. The average Bonchev–Trinajstić information content (AvgIpc) is 2.53. The van der Waals surface area contributed by atoms with Gasteiger partial charge in [-0.1, -0.05) is 25.1 Å². The van der Waals surface area contributed by atoms with Gasteiger partial charge < -0.3 is 10.1 Å². The molecular formula is C16H24N2O4S. The van der Waals surface area contributed by atoms with E-state index in [9.17, 15) is 13.2 Å². The smallest absolute Gasteiger partial charge is 0.246 e. The Hall–Kier alpha value is -1.70. The number of ether oxygens (including phenoxy) is 1. The van der Waals surface area contributed by atoms with Gasteiger partial charge in [0.25, 0.3) is 0 Å². The number of allylic oxidation sites excluding steroid dienone is 1. The Morgan fingerprint density at radius 1 is 1.26 bits per heavy atom. The van der Waals surface area contributed by atoms with Crippen LogP contribution in [-0.4, -0.2) is 34.6 Å². The van der Waals surface area contributed by atoms with E-state index >= 15 is 0 Å². The molecular weight excluding hydrogens is 316 g/mol. The Bertz CT molecular complexity index is 637. The Morgan fingerprint density at radius 3 is 2.48 bits per heavy atom. The topological polar surface area (TPSA) is 84.5 Å². The van der Waals surface area contributed by atoms with Crippen LogP contribution in [0.5, 0.6) is 0 Å². The van der Waals surface area contributed by atoms with Crippen LogP contribution in [0.15, 0.2) is 40.8 Å². The zero-order chi connectivity index (χ0) is 17.3. The molecule has 0 bridgehead atoms. The summed E-state index contributed by atoms with van der Waals surface area (Å²) in [5.41, 5.74) is 1.51. The summed E-state index contributed by atoms with van der Waals surface area (Å²) in [4.78, 5) is 12.0. The lowest BCUT2D eigenvalue weighted by molar-refractivity contribution is -0.117. The van der Waals surface area contributed by atoms with Crippen molar-refractivity contribution in [3.05, 3.63) is 41.5 Å². The van der Waals surface area contributed by atoms with Crippen LogP contribution in [0, 0.1) is 0 Å². The predicted octanol–water partition coefficient (Wildman–Crippen LogP) is 1.58. The molecule has 0 fully saturated rings. The van der Waals surface area contributed by atoms with Crippen molar-refractivity contribution in [3.63, 3.8) is 0 Å². The maximum atomic E-state index is 12.0. The number of carbonyl (C=O) groups excluding carboxylic acids is 1. The van der Waals surface area contributed by atoms with Crippen LogP contribution in [0.25, 0.3) is 0 Å². The monoisotopic (exact) mass is 340 g/mol. The molecule has 1 aromatic carbocycles. The molecule has 0 aliphatic carbocycles. The summed E-state index contributed by atoms with van der Waals surface area (Å²) < 4.78 is 31.3. The molecule has 0 saturated heterocycles. The van der Waals surface area contributed by atoms with E-state index in [2.05, 4.69) is 10.0 Å². The molecule has 2 N–H and O–H groups in total. The van der Waals surface area contributed by atoms with Crippen molar-refractivity contribution >= 4 is 15.9 Å². The highest BCUT2D eigenvalue weighted by atomic mass is 32.2. The molecule has 1 aromatic rings. The van der Waals surface area contributed by atoms with Gasteiger partial charge in [0.15, 0.2) is 0 Å². The summed E-state index contributed by atoms with van der Waals surface area (Å²) in [5, 5.41) is 2.79. The minimum Gasteiger partial charge on any atom is -0.383 e. The number of amides is 1. The Kier molecular flexibility index (Phi) is 7.94. The molecule has 1 amide bonds. The number of benzene rings is 1. The number of carbonyl (C=O) groups is 1. The van der Waals surface area contributed by atoms with Gasteiger partial charge in [-0.05, 0) is 31.0 Å². The molecule has 23 heavy (non-hydrogen) atoms. The Balaban J connectivity index is 2.63. The van der Waals surface area contributed by atoms with E-state index in [0.717, 1.165) is 12.0 Å². The van der Waals surface area contributed by atoms with Crippen LogP contribution in [0.3, 0.4) is 0 Å². The molecule has 0 atom stereocenters. The first kappa shape index (κ1) is 19.3. The first-order valence-corrected chi connectivity index (χ1v) is 8.91. The van der Waals surface area contributed by atoms with Gasteiger partial charge in [-0.15, -0.1) is 0 Å². The number of sulfonamides is 1. The quantitative estimate of drug-likeness (QED) is 0.528. The van der Waals surface area contributed by atoms with Crippen molar-refractivity contribution in [2.24, 2.45) is 0 Å². The van der Waals surface area contributed by atoms with Gasteiger partial charge in [-0.2, -0.15) is 0 Å². The van der Waals surface area contributed by atoms with E-state index in [-0.39, 0.29) is 17.3 Å². The molecule has 6 nitrogen and oxygen atoms in total. The minimum atomic E-state index is -3.53. The lowest BCUT2D eigenvalue weighted by Gasteiger charge is -2.08. The maximum absolute atomic E-state index is 12.0. The average molecular weight is 340 g/mol. The summed E-state index contributed by atoms with van der Waals surface area (Å²) in [7, 11) is -2.02. The van der Waals surface area contributed by atoms with Crippen molar-refractivity contribution in [1.29, 1.82) is 0 Å². The molecule has 1 rings (SSSR count). The zero-order valence-corrected chi connectivity index (χ0v) is 14.6. The van der Waals surface area contributed by atoms with Crippen molar-refractivity contribution in [1.82, 2.24) is 10.0 Å². The lowest BCUT2D eigenvalue weighted by Crippen LogP contribution is -2.27. The lowest BCUT2D eigenvalue weighted by atomic mass is 10.2. The Labute approximate surface area is 138 Å². The van der Waals surface area contributed by atoms with Gasteiger partial charge in [0.2, 0.25) is 15.9 Å². The van der Waals surface area contributed by atoms with Crippen LogP contribution < -0.4 is 10.0 Å². The molecule has 0 aliphatic rings. The minimum absolute atomic E-state index is 0.121. The highest BCUT2D eigenvalue weighted by Crippen LogP contribution is 2.10. The van der Waals surface area contributed by atoms with Crippen molar-refractivity contribution in [3.8, 4) is 0 Å². The molecule has 0 spiro atoms. The fourth-order valence-corrected chi connectivity index (χ4v) is 2.88. The highest BCUT2D eigenvalue weighted by Gasteiger charge is 2.13. The molecule has 0 heterocycles. The second kappa shape index (κ2) is 9.44. The third-order valence-electron chi connectivity index (χ3n) is 3.15. The molecule has 0 aromatic heterocycles. The summed E-state index contributed by atoms with van der Waals surface area (Å²) in [6.45, 7) is 4.62. The van der Waals surface area contributed by atoms with Crippen LogP contribution in [0.4, 0.5) is 0 Å². The van der Waals surface area contributed by atoms with Gasteiger partial charge in [-0.3, -0.25) is 4.79 Å². The summed E-state index contributed by atoms with van der Waals surface area (Å²) in [6.07, 6.45) is 2.67. The van der Waals surface area contributed by atoms with Crippen molar-refractivity contribution in [2.75, 3.05) is 20.3 Å². The molecule has 0 saturated carbocycles. The van der Waals surface area contributed by atoms with Crippen LogP contribution in [0.2, 0.25) is 0 Å². The first-order chi connectivity index (χ1) is 10.9. The van der Waals surface area contributed by atoms with Gasteiger partial charge in [0.1, 0.15) is 0 Å². The van der Waals surface area contributed by atoms with E-state index in [0.29, 0.717) is 18.7 Å². The van der Waals surface area contributed by atoms with Crippen LogP contribution in [0.1, 0.15) is 25.8 Å². The molecule has 0 radical (unpaired) electrons. The molecule has 7 heteroatoms.